The second kappa shape index (κ2) is 6.91. The third-order valence-corrected chi connectivity index (χ3v) is 4.15. The highest BCUT2D eigenvalue weighted by atomic mass is 79.9. The van der Waals surface area contributed by atoms with E-state index in [1.165, 1.54) is 0 Å². The summed E-state index contributed by atoms with van der Waals surface area (Å²) in [7, 11) is 0. The quantitative estimate of drug-likeness (QED) is 0.797. The van der Waals surface area contributed by atoms with Crippen LogP contribution in [0.2, 0.25) is 0 Å². The first-order chi connectivity index (χ1) is 9.97. The Morgan fingerprint density at radius 3 is 2.71 bits per heavy atom. The predicted molar refractivity (Wildman–Crippen MR) is 83.2 cm³/mol. The first kappa shape index (κ1) is 15.8. The Labute approximate surface area is 131 Å². The van der Waals surface area contributed by atoms with Gasteiger partial charge in [0.2, 0.25) is 0 Å². The Hall–Kier alpha value is -1.60. The Balaban J connectivity index is 2.06. The summed E-state index contributed by atoms with van der Waals surface area (Å²) in [5, 5.41) is 8.84. The van der Waals surface area contributed by atoms with Gasteiger partial charge in [-0.3, -0.25) is 14.5 Å². The lowest BCUT2D eigenvalue weighted by molar-refractivity contribution is -0.138. The van der Waals surface area contributed by atoms with Gasteiger partial charge in [-0.2, -0.15) is 0 Å². The van der Waals surface area contributed by atoms with E-state index < -0.39 is 5.97 Å². The fraction of sp³-hybridized carbons (Fsp3) is 0.429. The summed E-state index contributed by atoms with van der Waals surface area (Å²) in [5.74, 6) is -0.917. The van der Waals surface area contributed by atoms with Crippen LogP contribution in [0.5, 0.6) is 0 Å². The number of halogens is 1. The van der Waals surface area contributed by atoms with Crippen LogP contribution in [-0.2, 0) is 4.79 Å². The zero-order valence-corrected chi connectivity index (χ0v) is 13.2. The molecule has 0 bridgehead atoms. The predicted octanol–water partition coefficient (Wildman–Crippen LogP) is 1.26. The molecule has 1 fully saturated rings. The summed E-state index contributed by atoms with van der Waals surface area (Å²) in [6.07, 6.45) is 0.763. The zero-order chi connectivity index (χ0) is 15.4. The van der Waals surface area contributed by atoms with Crippen LogP contribution < -0.4 is 5.73 Å². The summed E-state index contributed by atoms with van der Waals surface area (Å²) in [5.41, 5.74) is 6.83. The number of amides is 1. The Kier molecular flexibility index (Phi) is 5.19. The van der Waals surface area contributed by atoms with Crippen LogP contribution in [0.25, 0.3) is 0 Å². The Morgan fingerprint density at radius 2 is 2.00 bits per heavy atom. The summed E-state index contributed by atoms with van der Waals surface area (Å²) in [4.78, 5) is 26.9. The number of nitrogens with two attached hydrogens (primary N) is 1. The molecule has 1 saturated heterocycles. The van der Waals surface area contributed by atoms with Crippen molar-refractivity contribution < 1.29 is 14.7 Å². The number of anilines is 1. The van der Waals surface area contributed by atoms with Crippen molar-refractivity contribution >= 4 is 33.5 Å². The molecule has 6 nitrogen and oxygen atoms in total. The van der Waals surface area contributed by atoms with Crippen molar-refractivity contribution in [3.05, 3.63) is 28.2 Å². The molecule has 0 aromatic heterocycles. The van der Waals surface area contributed by atoms with Crippen LogP contribution in [-0.4, -0.2) is 59.5 Å². The number of hydrogen-bond acceptors (Lipinski definition) is 4. The van der Waals surface area contributed by atoms with Gasteiger partial charge in [-0.05, 0) is 40.5 Å². The first-order valence-electron chi connectivity index (χ1n) is 6.76. The molecule has 2 rings (SSSR count). The summed E-state index contributed by atoms with van der Waals surface area (Å²) >= 11 is 3.37. The van der Waals surface area contributed by atoms with Crippen LogP contribution in [0, 0.1) is 0 Å². The SMILES string of the molecule is Nc1ccc(Br)c(C(=O)N2CCCN(CC(=O)O)CC2)c1. The van der Waals surface area contributed by atoms with E-state index >= 15 is 0 Å². The van der Waals surface area contributed by atoms with Crippen molar-refractivity contribution in [1.82, 2.24) is 9.80 Å². The maximum Gasteiger partial charge on any atom is 0.317 e. The Bertz CT molecular complexity index is 550. The molecule has 3 N–H and O–H groups in total. The minimum absolute atomic E-state index is 0.0179. The smallest absolute Gasteiger partial charge is 0.317 e. The monoisotopic (exact) mass is 355 g/mol. The lowest BCUT2D eigenvalue weighted by atomic mass is 10.1. The highest BCUT2D eigenvalue weighted by Gasteiger charge is 2.22. The van der Waals surface area contributed by atoms with Crippen molar-refractivity contribution in [2.24, 2.45) is 0 Å². The number of nitrogens with zero attached hydrogens (tertiary/aromatic N) is 2. The standard InChI is InChI=1S/C14H18BrN3O3/c15-12-3-2-10(16)8-11(12)14(21)18-5-1-4-17(6-7-18)9-13(19)20/h2-3,8H,1,4-7,9,16H2,(H,19,20). The van der Waals surface area contributed by atoms with Crippen molar-refractivity contribution in [2.75, 3.05) is 38.5 Å². The molecule has 1 heterocycles. The highest BCUT2D eigenvalue weighted by molar-refractivity contribution is 9.10. The molecule has 0 spiro atoms. The highest BCUT2D eigenvalue weighted by Crippen LogP contribution is 2.21. The van der Waals surface area contributed by atoms with E-state index in [1.807, 2.05) is 4.90 Å². The Morgan fingerprint density at radius 1 is 1.24 bits per heavy atom. The second-order valence-corrected chi connectivity index (χ2v) is 5.91. The molecule has 0 radical (unpaired) electrons. The molecule has 0 unspecified atom stereocenters. The van der Waals surface area contributed by atoms with Gasteiger partial charge in [0.1, 0.15) is 0 Å². The van der Waals surface area contributed by atoms with Crippen molar-refractivity contribution in [3.8, 4) is 0 Å². The number of carboxylic acid groups (broad SMARTS) is 1. The van der Waals surface area contributed by atoms with E-state index in [9.17, 15) is 9.59 Å². The number of carbonyl (C=O) groups is 2. The zero-order valence-electron chi connectivity index (χ0n) is 11.6. The van der Waals surface area contributed by atoms with Crippen molar-refractivity contribution in [3.63, 3.8) is 0 Å². The molecule has 1 aromatic carbocycles. The maximum atomic E-state index is 12.6. The number of nitrogen functional groups attached to an aromatic ring is 1. The second-order valence-electron chi connectivity index (χ2n) is 5.05. The van der Waals surface area contributed by atoms with Gasteiger partial charge in [-0.15, -0.1) is 0 Å². The molecular formula is C14H18BrN3O3. The average molecular weight is 356 g/mol. The normalized spacial score (nSPS) is 16.5. The fourth-order valence-electron chi connectivity index (χ4n) is 2.40. The van der Waals surface area contributed by atoms with Crippen LogP contribution in [0.3, 0.4) is 0 Å². The summed E-state index contributed by atoms with van der Waals surface area (Å²) in [6.45, 7) is 2.42. The first-order valence-corrected chi connectivity index (χ1v) is 7.55. The molecule has 7 heteroatoms. The lowest BCUT2D eigenvalue weighted by Crippen LogP contribution is -2.36. The van der Waals surface area contributed by atoms with Gasteiger partial charge in [-0.25, -0.2) is 0 Å². The van der Waals surface area contributed by atoms with Crippen LogP contribution in [0.1, 0.15) is 16.8 Å². The average Bonchev–Trinajstić information content (AvgIpc) is 2.66. The van der Waals surface area contributed by atoms with Gasteiger partial charge >= 0.3 is 5.97 Å². The van der Waals surface area contributed by atoms with E-state index in [0.717, 1.165) is 6.42 Å². The van der Waals surface area contributed by atoms with Crippen molar-refractivity contribution in [2.45, 2.75) is 6.42 Å². The topological polar surface area (TPSA) is 86.9 Å². The molecule has 0 aliphatic carbocycles. The maximum absolute atomic E-state index is 12.6. The van der Waals surface area contributed by atoms with Gasteiger partial charge in [0.15, 0.2) is 0 Å². The number of rotatable bonds is 3. The third-order valence-electron chi connectivity index (χ3n) is 3.46. The van der Waals surface area contributed by atoms with E-state index in [0.29, 0.717) is 41.9 Å². The van der Waals surface area contributed by atoms with Crippen LogP contribution in [0.4, 0.5) is 5.69 Å². The minimum Gasteiger partial charge on any atom is -0.480 e. The molecule has 1 aliphatic heterocycles. The van der Waals surface area contributed by atoms with Gasteiger partial charge < -0.3 is 15.7 Å². The minimum atomic E-state index is -0.839. The third kappa shape index (κ3) is 4.18. The molecule has 1 aliphatic rings. The molecule has 0 saturated carbocycles. The fourth-order valence-corrected chi connectivity index (χ4v) is 2.82. The number of hydrogen-bond donors (Lipinski definition) is 2. The molecule has 1 amide bonds. The molecule has 1 aromatic rings. The van der Waals surface area contributed by atoms with Crippen LogP contribution in [0.15, 0.2) is 22.7 Å². The van der Waals surface area contributed by atoms with E-state index in [4.69, 9.17) is 10.8 Å². The van der Waals surface area contributed by atoms with Gasteiger partial charge in [-0.1, -0.05) is 0 Å². The van der Waals surface area contributed by atoms with Gasteiger partial charge in [0.25, 0.3) is 5.91 Å². The van der Waals surface area contributed by atoms with E-state index in [1.54, 1.807) is 23.1 Å². The summed E-state index contributed by atoms with van der Waals surface area (Å²) in [6, 6.07) is 5.15. The summed E-state index contributed by atoms with van der Waals surface area (Å²) < 4.78 is 0.716. The van der Waals surface area contributed by atoms with Gasteiger partial charge in [0.05, 0.1) is 12.1 Å². The lowest BCUT2D eigenvalue weighted by Gasteiger charge is -2.22. The molecular weight excluding hydrogens is 338 g/mol. The van der Waals surface area contributed by atoms with E-state index in [2.05, 4.69) is 15.9 Å². The number of benzene rings is 1. The number of carboxylic acids is 1. The van der Waals surface area contributed by atoms with E-state index in [-0.39, 0.29) is 12.5 Å². The number of aliphatic carboxylic acids is 1. The molecule has 114 valence electrons. The number of carbonyl (C=O) groups excluding carboxylic acids is 1. The largest absolute Gasteiger partial charge is 0.480 e. The molecule has 21 heavy (non-hydrogen) atoms. The molecule has 0 atom stereocenters. The van der Waals surface area contributed by atoms with Gasteiger partial charge in [0, 0.05) is 36.3 Å². The van der Waals surface area contributed by atoms with Crippen molar-refractivity contribution in [1.29, 1.82) is 0 Å². The van der Waals surface area contributed by atoms with Crippen LogP contribution >= 0.6 is 15.9 Å².